The Bertz CT molecular complexity index is 931. The van der Waals surface area contributed by atoms with Gasteiger partial charge in [-0.2, -0.15) is 0 Å². The van der Waals surface area contributed by atoms with E-state index in [1.807, 2.05) is 0 Å². The van der Waals surface area contributed by atoms with Crippen LogP contribution in [0.2, 0.25) is 0 Å². The number of aliphatic carboxylic acids is 1. The number of carbonyl (C=O) groups excluding carboxylic acids is 4. The zero-order valence-electron chi connectivity index (χ0n) is 19.9. The van der Waals surface area contributed by atoms with Gasteiger partial charge in [0.25, 0.3) is 0 Å². The van der Waals surface area contributed by atoms with Gasteiger partial charge in [0.05, 0.1) is 12.4 Å². The highest BCUT2D eigenvalue weighted by Gasteiger charge is 2.29. The van der Waals surface area contributed by atoms with E-state index in [4.69, 9.17) is 28.0 Å². The van der Waals surface area contributed by atoms with Gasteiger partial charge in [-0.1, -0.05) is 0 Å². The second kappa shape index (κ2) is 14.9. The minimum absolute atomic E-state index is 0.0521. The lowest BCUT2D eigenvalue weighted by atomic mass is 10.1. The number of nitrogens with two attached hydrogens (primary N) is 4. The summed E-state index contributed by atoms with van der Waals surface area (Å²) < 4.78 is 0. The van der Waals surface area contributed by atoms with Gasteiger partial charge in [-0.05, 0) is 26.2 Å². The van der Waals surface area contributed by atoms with E-state index in [1.54, 1.807) is 0 Å². The van der Waals surface area contributed by atoms with Crippen LogP contribution in [-0.2, 0) is 30.4 Å². The van der Waals surface area contributed by atoms with Crippen LogP contribution in [0.4, 0.5) is 0 Å². The first-order valence-corrected chi connectivity index (χ1v) is 11.1. The van der Waals surface area contributed by atoms with Gasteiger partial charge in [0, 0.05) is 31.3 Å². The minimum atomic E-state index is -1.27. The second-order valence-electron chi connectivity index (χ2n) is 8.03. The van der Waals surface area contributed by atoms with Gasteiger partial charge in [0.15, 0.2) is 5.96 Å². The van der Waals surface area contributed by atoms with Crippen LogP contribution in [0.25, 0.3) is 0 Å². The molecule has 1 aromatic heterocycles. The van der Waals surface area contributed by atoms with Crippen molar-refractivity contribution in [2.45, 2.75) is 63.2 Å². The first-order chi connectivity index (χ1) is 16.9. The molecule has 0 spiro atoms. The first kappa shape index (κ1) is 29.8. The van der Waals surface area contributed by atoms with E-state index in [-0.39, 0.29) is 44.6 Å². The standard InChI is InChI=1S/C20H34N10O6/c1-10(19(35)36)28-17(33)13(3-2-6-26-20(23)24)30-18(34)14(4-5-15(22)31)29-16(32)12(21)7-11-8-25-9-27-11/h8-10,12-14H,2-7,21H2,1H3,(H2,22,31)(H,25,27)(H,28,33)(H,29,32)(H,30,34)(H,35,36)(H4,23,24,26). The van der Waals surface area contributed by atoms with Crippen LogP contribution in [0.1, 0.15) is 38.3 Å². The highest BCUT2D eigenvalue weighted by atomic mass is 16.4. The van der Waals surface area contributed by atoms with E-state index < -0.39 is 53.8 Å². The number of H-pyrrole nitrogens is 1. The quantitative estimate of drug-likeness (QED) is 0.0592. The van der Waals surface area contributed by atoms with E-state index >= 15 is 0 Å². The number of guanidine groups is 1. The Morgan fingerprint density at radius 3 is 2.19 bits per heavy atom. The summed E-state index contributed by atoms with van der Waals surface area (Å²) in [5, 5.41) is 16.3. The normalized spacial score (nSPS) is 13.9. The SMILES string of the molecule is CC(NC(=O)C(CCCN=C(N)N)NC(=O)C(CCC(N)=O)NC(=O)C(N)Cc1cnc[nH]1)C(=O)O. The van der Waals surface area contributed by atoms with Gasteiger partial charge >= 0.3 is 5.97 Å². The lowest BCUT2D eigenvalue weighted by molar-refractivity contribution is -0.141. The third-order valence-corrected chi connectivity index (χ3v) is 4.95. The monoisotopic (exact) mass is 510 g/mol. The molecule has 0 aliphatic heterocycles. The smallest absolute Gasteiger partial charge is 0.325 e. The summed E-state index contributed by atoms with van der Waals surface area (Å²) in [4.78, 5) is 71.1. The number of nitrogens with zero attached hydrogens (tertiary/aromatic N) is 2. The fourth-order valence-electron chi connectivity index (χ4n) is 2.98. The van der Waals surface area contributed by atoms with E-state index in [2.05, 4.69) is 30.9 Å². The zero-order chi connectivity index (χ0) is 27.3. The van der Waals surface area contributed by atoms with E-state index in [0.717, 1.165) is 0 Å². The van der Waals surface area contributed by atoms with E-state index in [9.17, 15) is 24.0 Å². The maximum absolute atomic E-state index is 13.0. The third kappa shape index (κ3) is 11.3. The van der Waals surface area contributed by atoms with Gasteiger partial charge in [-0.3, -0.25) is 29.0 Å². The van der Waals surface area contributed by atoms with Crippen LogP contribution >= 0.6 is 0 Å². The summed E-state index contributed by atoms with van der Waals surface area (Å²) in [5.41, 5.74) is 22.3. The van der Waals surface area contributed by atoms with Crippen molar-refractivity contribution < 1.29 is 29.1 Å². The van der Waals surface area contributed by atoms with Gasteiger partial charge in [0.2, 0.25) is 23.6 Å². The molecule has 200 valence electrons. The molecule has 0 aliphatic carbocycles. The van der Waals surface area contributed by atoms with Crippen LogP contribution in [0.5, 0.6) is 0 Å². The van der Waals surface area contributed by atoms with Crippen molar-refractivity contribution in [2.24, 2.45) is 27.9 Å². The number of rotatable bonds is 16. The van der Waals surface area contributed by atoms with Crippen LogP contribution < -0.4 is 38.9 Å². The lowest BCUT2D eigenvalue weighted by Gasteiger charge is -2.24. The number of amides is 4. The van der Waals surface area contributed by atoms with Gasteiger partial charge in [-0.15, -0.1) is 0 Å². The topological polar surface area (TPSA) is 287 Å². The molecule has 4 unspecified atom stereocenters. The van der Waals surface area contributed by atoms with Crippen LogP contribution in [-0.4, -0.2) is 81.3 Å². The molecule has 0 fully saturated rings. The van der Waals surface area contributed by atoms with Crippen LogP contribution in [0.15, 0.2) is 17.5 Å². The van der Waals surface area contributed by atoms with Crippen LogP contribution in [0.3, 0.4) is 0 Å². The molecule has 16 heteroatoms. The van der Waals surface area contributed by atoms with Crippen LogP contribution in [0, 0.1) is 0 Å². The number of primary amides is 1. The Kier molecular flexibility index (Phi) is 12.4. The van der Waals surface area contributed by atoms with E-state index in [1.165, 1.54) is 19.4 Å². The summed E-state index contributed by atoms with van der Waals surface area (Å²) in [6.07, 6.45) is 2.96. The Labute approximate surface area is 207 Å². The summed E-state index contributed by atoms with van der Waals surface area (Å²) in [7, 11) is 0. The average molecular weight is 511 g/mol. The van der Waals surface area contributed by atoms with Crippen molar-refractivity contribution in [3.05, 3.63) is 18.2 Å². The number of nitrogens with one attached hydrogen (secondary N) is 4. The molecule has 0 radical (unpaired) electrons. The maximum atomic E-state index is 13.0. The predicted molar refractivity (Wildman–Crippen MR) is 128 cm³/mol. The van der Waals surface area contributed by atoms with Crippen molar-refractivity contribution in [2.75, 3.05) is 6.54 Å². The largest absolute Gasteiger partial charge is 0.480 e. The Balaban J connectivity index is 2.95. The lowest BCUT2D eigenvalue weighted by Crippen LogP contribution is -2.57. The summed E-state index contributed by atoms with van der Waals surface area (Å²) in [6.45, 7) is 1.41. The van der Waals surface area contributed by atoms with Crippen molar-refractivity contribution in [1.82, 2.24) is 25.9 Å². The number of hydrogen-bond donors (Lipinski definition) is 9. The molecule has 1 heterocycles. The molecule has 4 atom stereocenters. The number of aliphatic imine (C=N–C) groups is 1. The summed E-state index contributed by atoms with van der Waals surface area (Å²) in [5.74, 6) is -4.36. The molecule has 0 saturated carbocycles. The maximum Gasteiger partial charge on any atom is 0.325 e. The molecule has 16 nitrogen and oxygen atoms in total. The molecule has 1 aromatic rings. The summed E-state index contributed by atoms with van der Waals surface area (Å²) in [6, 6.07) is -4.69. The zero-order valence-corrected chi connectivity index (χ0v) is 19.9. The van der Waals surface area contributed by atoms with Gasteiger partial charge in [-0.25, -0.2) is 4.98 Å². The fourth-order valence-corrected chi connectivity index (χ4v) is 2.98. The fraction of sp³-hybridized carbons (Fsp3) is 0.550. The third-order valence-electron chi connectivity index (χ3n) is 4.95. The second-order valence-corrected chi connectivity index (χ2v) is 8.03. The molecule has 1 rings (SSSR count). The molecule has 4 amide bonds. The molecular formula is C20H34N10O6. The Hall–Kier alpha value is -4.21. The van der Waals surface area contributed by atoms with Crippen molar-refractivity contribution >= 4 is 35.6 Å². The number of aromatic amines is 1. The Morgan fingerprint density at radius 2 is 1.64 bits per heavy atom. The van der Waals surface area contributed by atoms with Crippen molar-refractivity contribution in [3.8, 4) is 0 Å². The number of hydrogen-bond acceptors (Lipinski definition) is 8. The first-order valence-electron chi connectivity index (χ1n) is 11.1. The average Bonchev–Trinajstić information content (AvgIpc) is 3.30. The number of carbonyl (C=O) groups is 5. The molecular weight excluding hydrogens is 476 g/mol. The molecule has 0 saturated heterocycles. The van der Waals surface area contributed by atoms with E-state index in [0.29, 0.717) is 5.69 Å². The molecule has 13 N–H and O–H groups in total. The molecule has 36 heavy (non-hydrogen) atoms. The number of carboxylic acids is 1. The summed E-state index contributed by atoms with van der Waals surface area (Å²) >= 11 is 0. The Morgan fingerprint density at radius 1 is 1.03 bits per heavy atom. The predicted octanol–water partition coefficient (Wildman–Crippen LogP) is -3.84. The number of carboxylic acid groups (broad SMARTS) is 1. The molecule has 0 bridgehead atoms. The van der Waals surface area contributed by atoms with Gasteiger partial charge in [0.1, 0.15) is 18.1 Å². The van der Waals surface area contributed by atoms with Crippen molar-refractivity contribution in [3.63, 3.8) is 0 Å². The van der Waals surface area contributed by atoms with Gasteiger partial charge < -0.3 is 49.0 Å². The number of imidazole rings is 1. The molecule has 0 aromatic carbocycles. The highest BCUT2D eigenvalue weighted by molar-refractivity contribution is 5.94. The molecule has 0 aliphatic rings. The minimum Gasteiger partial charge on any atom is -0.480 e. The highest BCUT2D eigenvalue weighted by Crippen LogP contribution is 2.05. The number of aromatic nitrogens is 2. The van der Waals surface area contributed by atoms with Crippen molar-refractivity contribution in [1.29, 1.82) is 0 Å².